The van der Waals surface area contributed by atoms with Gasteiger partial charge in [0.15, 0.2) is 0 Å². The van der Waals surface area contributed by atoms with E-state index in [1.165, 1.54) is 18.9 Å². The van der Waals surface area contributed by atoms with Crippen LogP contribution in [0.5, 0.6) is 0 Å². The van der Waals surface area contributed by atoms with Crippen LogP contribution in [-0.4, -0.2) is 23.8 Å². The second kappa shape index (κ2) is 6.40. The summed E-state index contributed by atoms with van der Waals surface area (Å²) in [5.41, 5.74) is 4.45. The Balaban J connectivity index is 2.18. The van der Waals surface area contributed by atoms with Crippen LogP contribution >= 0.6 is 11.8 Å². The Kier molecular flexibility index (Phi) is 4.59. The van der Waals surface area contributed by atoms with Crippen molar-refractivity contribution in [3.63, 3.8) is 0 Å². The number of nitrogens with zero attached hydrogens (tertiary/aromatic N) is 1. The molecule has 1 aromatic carbocycles. The van der Waals surface area contributed by atoms with E-state index in [-0.39, 0.29) is 5.97 Å². The molecule has 1 heterocycles. The summed E-state index contributed by atoms with van der Waals surface area (Å²) in [6.45, 7) is 0. The molecule has 2 aromatic rings. The number of benzene rings is 1. The molecular weight excluding hydrogens is 262 g/mol. The molecule has 0 saturated heterocycles. The number of pyridine rings is 1. The third kappa shape index (κ3) is 3.36. The quantitative estimate of drug-likeness (QED) is 0.494. The summed E-state index contributed by atoms with van der Waals surface area (Å²) < 4.78 is 4.60. The fourth-order valence-electron chi connectivity index (χ4n) is 1.70. The molecule has 3 N–H and O–H groups in total. The van der Waals surface area contributed by atoms with Gasteiger partial charge in [0.25, 0.3) is 0 Å². The Bertz CT molecular complexity index is 589. The Hall–Kier alpha value is -1.79. The highest BCUT2D eigenvalue weighted by molar-refractivity contribution is 7.99. The molecule has 0 spiro atoms. The second-order valence-electron chi connectivity index (χ2n) is 3.90. The van der Waals surface area contributed by atoms with Gasteiger partial charge >= 0.3 is 5.97 Å². The molecular formula is C13H15N3O2S. The van der Waals surface area contributed by atoms with Crippen molar-refractivity contribution in [3.05, 3.63) is 35.9 Å². The number of nitrogens with two attached hydrogens (primary N) is 1. The lowest BCUT2D eigenvalue weighted by Gasteiger charge is -2.09. The predicted octanol–water partition coefficient (Wildman–Crippen LogP) is 1.93. The molecule has 100 valence electrons. The molecule has 0 unspecified atom stereocenters. The van der Waals surface area contributed by atoms with Crippen molar-refractivity contribution in [2.75, 3.05) is 18.3 Å². The molecule has 0 saturated carbocycles. The van der Waals surface area contributed by atoms with E-state index in [4.69, 9.17) is 5.84 Å². The van der Waals surface area contributed by atoms with Gasteiger partial charge in [0.2, 0.25) is 0 Å². The normalized spacial score (nSPS) is 10.4. The summed E-state index contributed by atoms with van der Waals surface area (Å²) in [7, 11) is 1.38. The van der Waals surface area contributed by atoms with Crippen LogP contribution in [0.2, 0.25) is 0 Å². The number of fused-ring (bicyclic) bond motifs is 1. The van der Waals surface area contributed by atoms with Gasteiger partial charge in [0, 0.05) is 16.7 Å². The average Bonchev–Trinajstić information content (AvgIpc) is 2.46. The number of esters is 1. The number of rotatable bonds is 5. The van der Waals surface area contributed by atoms with Gasteiger partial charge in [0.1, 0.15) is 5.82 Å². The largest absolute Gasteiger partial charge is 0.468 e. The molecule has 0 aliphatic carbocycles. The van der Waals surface area contributed by atoms with Crippen LogP contribution in [0.3, 0.4) is 0 Å². The number of aromatic nitrogens is 1. The van der Waals surface area contributed by atoms with Crippen molar-refractivity contribution in [2.45, 2.75) is 5.75 Å². The molecule has 0 radical (unpaired) electrons. The van der Waals surface area contributed by atoms with Crippen LogP contribution in [-0.2, 0) is 15.3 Å². The Morgan fingerprint density at radius 3 is 3.00 bits per heavy atom. The Morgan fingerprint density at radius 1 is 1.47 bits per heavy atom. The summed E-state index contributed by atoms with van der Waals surface area (Å²) in [6.07, 6.45) is 0. The minimum absolute atomic E-state index is 0.235. The van der Waals surface area contributed by atoms with E-state index in [2.05, 4.69) is 15.1 Å². The molecule has 0 fully saturated rings. The van der Waals surface area contributed by atoms with Gasteiger partial charge in [-0.1, -0.05) is 18.2 Å². The van der Waals surface area contributed by atoms with E-state index >= 15 is 0 Å². The van der Waals surface area contributed by atoms with Crippen LogP contribution in [0.1, 0.15) is 5.56 Å². The molecule has 0 aliphatic rings. The van der Waals surface area contributed by atoms with Crippen molar-refractivity contribution >= 4 is 34.5 Å². The number of nitrogen functional groups attached to an aromatic ring is 1. The van der Waals surface area contributed by atoms with E-state index in [1.807, 2.05) is 30.3 Å². The summed E-state index contributed by atoms with van der Waals surface area (Å²) in [5, 5.41) is 1.05. The number of anilines is 1. The first-order valence-corrected chi connectivity index (χ1v) is 6.90. The maximum Gasteiger partial charge on any atom is 0.315 e. The SMILES string of the molecule is COC(=O)CSCc1cc2ccccc2nc1NN. The fraction of sp³-hybridized carbons (Fsp3) is 0.231. The first kappa shape index (κ1) is 13.6. The van der Waals surface area contributed by atoms with Gasteiger partial charge in [-0.25, -0.2) is 10.8 Å². The lowest BCUT2D eigenvalue weighted by atomic mass is 10.1. The Morgan fingerprint density at radius 2 is 2.26 bits per heavy atom. The average molecular weight is 277 g/mol. The number of methoxy groups -OCH3 is 1. The first-order chi connectivity index (χ1) is 9.24. The molecule has 19 heavy (non-hydrogen) atoms. The van der Waals surface area contributed by atoms with Crippen LogP contribution < -0.4 is 11.3 Å². The zero-order valence-electron chi connectivity index (χ0n) is 10.6. The highest BCUT2D eigenvalue weighted by Crippen LogP contribution is 2.23. The number of hydrogen-bond acceptors (Lipinski definition) is 6. The second-order valence-corrected chi connectivity index (χ2v) is 4.89. The van der Waals surface area contributed by atoms with Crippen molar-refractivity contribution in [1.29, 1.82) is 0 Å². The molecule has 2 rings (SSSR count). The molecule has 0 bridgehead atoms. The topological polar surface area (TPSA) is 77.2 Å². The number of hydrazine groups is 1. The van der Waals surface area contributed by atoms with Crippen molar-refractivity contribution < 1.29 is 9.53 Å². The summed E-state index contributed by atoms with van der Waals surface area (Å²) >= 11 is 1.47. The van der Waals surface area contributed by atoms with Gasteiger partial charge in [-0.15, -0.1) is 11.8 Å². The van der Waals surface area contributed by atoms with E-state index < -0.39 is 0 Å². The minimum Gasteiger partial charge on any atom is -0.468 e. The standard InChI is InChI=1S/C13H15N3O2S/c1-18-12(17)8-19-7-10-6-9-4-2-3-5-11(9)15-13(10)16-14/h2-6H,7-8,14H2,1H3,(H,15,16). The third-order valence-corrected chi connectivity index (χ3v) is 3.60. The Labute approximate surface area is 115 Å². The summed E-state index contributed by atoms with van der Waals surface area (Å²) in [6, 6.07) is 9.85. The molecule has 0 amide bonds. The number of thioether (sulfide) groups is 1. The van der Waals surface area contributed by atoms with Gasteiger partial charge in [0.05, 0.1) is 18.4 Å². The van der Waals surface area contributed by atoms with Crippen molar-refractivity contribution in [2.24, 2.45) is 5.84 Å². The highest BCUT2D eigenvalue weighted by atomic mass is 32.2. The number of nitrogens with one attached hydrogen (secondary N) is 1. The van der Waals surface area contributed by atoms with E-state index in [1.54, 1.807) is 0 Å². The summed E-state index contributed by atoms with van der Waals surface area (Å²) in [5.74, 6) is 6.84. The maximum absolute atomic E-state index is 11.1. The lowest BCUT2D eigenvalue weighted by Crippen LogP contribution is -2.11. The van der Waals surface area contributed by atoms with Crippen LogP contribution in [0, 0.1) is 0 Å². The number of carbonyl (C=O) groups excluding carboxylic acids is 1. The van der Waals surface area contributed by atoms with E-state index in [9.17, 15) is 4.79 Å². The minimum atomic E-state index is -0.235. The molecule has 1 aromatic heterocycles. The van der Waals surface area contributed by atoms with Gasteiger partial charge in [-0.05, 0) is 12.1 Å². The first-order valence-electron chi connectivity index (χ1n) is 5.74. The zero-order valence-corrected chi connectivity index (χ0v) is 11.4. The smallest absolute Gasteiger partial charge is 0.315 e. The predicted molar refractivity (Wildman–Crippen MR) is 77.7 cm³/mol. The number of ether oxygens (including phenoxy) is 1. The van der Waals surface area contributed by atoms with E-state index in [0.717, 1.165) is 16.5 Å². The fourth-order valence-corrected chi connectivity index (χ4v) is 2.52. The molecule has 0 atom stereocenters. The van der Waals surface area contributed by atoms with Crippen LogP contribution in [0.15, 0.2) is 30.3 Å². The summed E-state index contributed by atoms with van der Waals surface area (Å²) in [4.78, 5) is 15.5. The van der Waals surface area contributed by atoms with Gasteiger partial charge < -0.3 is 10.2 Å². The molecule has 6 heteroatoms. The molecule has 5 nitrogen and oxygen atoms in total. The van der Waals surface area contributed by atoms with Crippen molar-refractivity contribution in [3.8, 4) is 0 Å². The molecule has 0 aliphatic heterocycles. The maximum atomic E-state index is 11.1. The van der Waals surface area contributed by atoms with Crippen LogP contribution in [0.4, 0.5) is 5.82 Å². The van der Waals surface area contributed by atoms with Gasteiger partial charge in [-0.3, -0.25) is 4.79 Å². The van der Waals surface area contributed by atoms with Crippen molar-refractivity contribution in [1.82, 2.24) is 4.98 Å². The van der Waals surface area contributed by atoms with Gasteiger partial charge in [-0.2, -0.15) is 0 Å². The lowest BCUT2D eigenvalue weighted by molar-refractivity contribution is -0.137. The van der Waals surface area contributed by atoms with Crippen LogP contribution in [0.25, 0.3) is 10.9 Å². The van der Waals surface area contributed by atoms with E-state index in [0.29, 0.717) is 17.3 Å². The highest BCUT2D eigenvalue weighted by Gasteiger charge is 2.07. The number of carbonyl (C=O) groups is 1. The number of hydrogen-bond donors (Lipinski definition) is 2. The monoisotopic (exact) mass is 277 g/mol. The number of para-hydroxylation sites is 1. The third-order valence-electron chi connectivity index (χ3n) is 2.64. The zero-order chi connectivity index (χ0) is 13.7.